The molecule has 0 aliphatic carbocycles. The maximum atomic E-state index is 11.5. The zero-order chi connectivity index (χ0) is 10.6. The second-order valence-corrected chi connectivity index (χ2v) is 5.27. The highest BCUT2D eigenvalue weighted by atomic mass is 32.2. The van der Waals surface area contributed by atoms with Crippen molar-refractivity contribution in [3.8, 4) is 0 Å². The Labute approximate surface area is 89.6 Å². The summed E-state index contributed by atoms with van der Waals surface area (Å²) >= 11 is 1.83. The van der Waals surface area contributed by atoms with Crippen molar-refractivity contribution in [1.82, 2.24) is 5.32 Å². The highest BCUT2D eigenvalue weighted by Crippen LogP contribution is 2.23. The molecule has 0 radical (unpaired) electrons. The molecule has 2 unspecified atom stereocenters. The van der Waals surface area contributed by atoms with Crippen molar-refractivity contribution in [3.63, 3.8) is 0 Å². The highest BCUT2D eigenvalue weighted by Gasteiger charge is 2.23. The molecule has 2 N–H and O–H groups in total. The molecule has 1 rings (SSSR count). The van der Waals surface area contributed by atoms with Crippen molar-refractivity contribution < 1.29 is 9.90 Å². The lowest BCUT2D eigenvalue weighted by molar-refractivity contribution is -0.124. The van der Waals surface area contributed by atoms with Gasteiger partial charge in [-0.25, -0.2) is 0 Å². The van der Waals surface area contributed by atoms with E-state index in [1.807, 2.05) is 25.6 Å². The number of hydrogen-bond acceptors (Lipinski definition) is 3. The minimum Gasteiger partial charge on any atom is -0.391 e. The maximum Gasteiger partial charge on any atom is 0.224 e. The van der Waals surface area contributed by atoms with Crippen LogP contribution in [0.1, 0.15) is 20.3 Å². The molecule has 1 aliphatic heterocycles. The van der Waals surface area contributed by atoms with E-state index in [-0.39, 0.29) is 17.7 Å². The van der Waals surface area contributed by atoms with Crippen LogP contribution in [0.5, 0.6) is 0 Å². The third-order valence-electron chi connectivity index (χ3n) is 2.56. The molecule has 1 saturated heterocycles. The first kappa shape index (κ1) is 11.9. The Hall–Kier alpha value is -0.220. The van der Waals surface area contributed by atoms with Crippen LogP contribution in [0.4, 0.5) is 0 Å². The number of aliphatic hydroxyl groups is 1. The van der Waals surface area contributed by atoms with Crippen LogP contribution in [0.3, 0.4) is 0 Å². The molecular weight excluding hydrogens is 198 g/mol. The standard InChI is InChI=1S/C10H19NO2S/c1-7(2)9(12)5-11-10(13)8-3-4-14-6-8/h7-9,12H,3-6H2,1-2H3,(H,11,13). The Bertz CT molecular complexity index is 191. The van der Waals surface area contributed by atoms with Crippen molar-refractivity contribution in [1.29, 1.82) is 0 Å². The van der Waals surface area contributed by atoms with E-state index in [1.54, 1.807) is 0 Å². The van der Waals surface area contributed by atoms with Gasteiger partial charge >= 0.3 is 0 Å². The summed E-state index contributed by atoms with van der Waals surface area (Å²) in [5, 5.41) is 12.3. The molecule has 0 aromatic carbocycles. The van der Waals surface area contributed by atoms with Gasteiger partial charge in [0.25, 0.3) is 0 Å². The smallest absolute Gasteiger partial charge is 0.224 e. The number of nitrogens with one attached hydrogen (secondary N) is 1. The van der Waals surface area contributed by atoms with Crippen molar-refractivity contribution in [3.05, 3.63) is 0 Å². The molecule has 1 amide bonds. The lowest BCUT2D eigenvalue weighted by atomic mass is 10.1. The van der Waals surface area contributed by atoms with E-state index in [0.29, 0.717) is 6.54 Å². The first-order valence-corrected chi connectivity index (χ1v) is 6.30. The molecule has 0 bridgehead atoms. The van der Waals surface area contributed by atoms with Crippen LogP contribution >= 0.6 is 11.8 Å². The molecule has 0 spiro atoms. The van der Waals surface area contributed by atoms with E-state index < -0.39 is 6.10 Å². The average Bonchev–Trinajstić information content (AvgIpc) is 2.66. The lowest BCUT2D eigenvalue weighted by Gasteiger charge is -2.16. The summed E-state index contributed by atoms with van der Waals surface area (Å²) < 4.78 is 0. The molecule has 1 fully saturated rings. The normalized spacial score (nSPS) is 23.9. The van der Waals surface area contributed by atoms with Gasteiger partial charge in [0.05, 0.1) is 6.10 Å². The van der Waals surface area contributed by atoms with Gasteiger partial charge in [0, 0.05) is 18.2 Å². The molecule has 82 valence electrons. The second kappa shape index (κ2) is 5.61. The van der Waals surface area contributed by atoms with Crippen LogP contribution in [-0.4, -0.2) is 35.2 Å². The molecule has 0 aromatic heterocycles. The summed E-state index contributed by atoms with van der Waals surface area (Å²) in [7, 11) is 0. The molecule has 14 heavy (non-hydrogen) atoms. The zero-order valence-corrected chi connectivity index (χ0v) is 9.64. The number of aliphatic hydroxyl groups excluding tert-OH is 1. The SMILES string of the molecule is CC(C)C(O)CNC(=O)C1CCSC1. The van der Waals surface area contributed by atoms with E-state index in [9.17, 15) is 9.90 Å². The summed E-state index contributed by atoms with van der Waals surface area (Å²) in [6.07, 6.45) is 0.557. The van der Waals surface area contributed by atoms with Crippen molar-refractivity contribution in [2.45, 2.75) is 26.4 Å². The summed E-state index contributed by atoms with van der Waals surface area (Å²) in [6.45, 7) is 4.28. The fourth-order valence-electron chi connectivity index (χ4n) is 1.33. The Balaban J connectivity index is 2.20. The molecule has 0 saturated carbocycles. The van der Waals surface area contributed by atoms with Gasteiger partial charge in [-0.05, 0) is 18.1 Å². The van der Waals surface area contributed by atoms with Gasteiger partial charge in [0.15, 0.2) is 0 Å². The number of carbonyl (C=O) groups excluding carboxylic acids is 1. The summed E-state index contributed by atoms with van der Waals surface area (Å²) in [5.41, 5.74) is 0. The Kier molecular flexibility index (Phi) is 4.75. The van der Waals surface area contributed by atoms with Gasteiger partial charge in [-0.1, -0.05) is 13.8 Å². The summed E-state index contributed by atoms with van der Waals surface area (Å²) in [4.78, 5) is 11.5. The van der Waals surface area contributed by atoms with E-state index in [0.717, 1.165) is 17.9 Å². The van der Waals surface area contributed by atoms with E-state index in [2.05, 4.69) is 5.32 Å². The fourth-order valence-corrected chi connectivity index (χ4v) is 2.55. The van der Waals surface area contributed by atoms with Crippen LogP contribution in [0, 0.1) is 11.8 Å². The molecule has 3 nitrogen and oxygen atoms in total. The van der Waals surface area contributed by atoms with E-state index in [1.165, 1.54) is 0 Å². The topological polar surface area (TPSA) is 49.3 Å². The predicted molar refractivity (Wildman–Crippen MR) is 59.3 cm³/mol. The Morgan fingerprint density at radius 1 is 1.64 bits per heavy atom. The number of hydrogen-bond donors (Lipinski definition) is 2. The van der Waals surface area contributed by atoms with E-state index in [4.69, 9.17) is 0 Å². The van der Waals surface area contributed by atoms with Crippen molar-refractivity contribution >= 4 is 17.7 Å². The van der Waals surface area contributed by atoms with E-state index >= 15 is 0 Å². The van der Waals surface area contributed by atoms with Gasteiger partial charge in [-0.3, -0.25) is 4.79 Å². The first-order valence-electron chi connectivity index (χ1n) is 5.14. The molecule has 4 heteroatoms. The minimum atomic E-state index is -0.423. The number of amides is 1. The summed E-state index contributed by atoms with van der Waals surface area (Å²) in [6, 6.07) is 0. The Morgan fingerprint density at radius 3 is 2.86 bits per heavy atom. The van der Waals surface area contributed by atoms with Gasteiger partial charge in [-0.2, -0.15) is 11.8 Å². The van der Waals surface area contributed by atoms with Crippen molar-refractivity contribution in [2.24, 2.45) is 11.8 Å². The molecule has 2 atom stereocenters. The summed E-state index contributed by atoms with van der Waals surface area (Å²) in [5.74, 6) is 2.50. The molecule has 0 aromatic rings. The predicted octanol–water partition coefficient (Wildman–Crippen LogP) is 0.873. The molecule has 1 aliphatic rings. The highest BCUT2D eigenvalue weighted by molar-refractivity contribution is 7.99. The minimum absolute atomic E-state index is 0.106. The van der Waals surface area contributed by atoms with Crippen molar-refractivity contribution in [2.75, 3.05) is 18.1 Å². The van der Waals surface area contributed by atoms with Crippen LogP contribution in [0.2, 0.25) is 0 Å². The number of thioether (sulfide) groups is 1. The second-order valence-electron chi connectivity index (χ2n) is 4.12. The molecule has 1 heterocycles. The number of rotatable bonds is 4. The largest absolute Gasteiger partial charge is 0.391 e. The first-order chi connectivity index (χ1) is 6.61. The Morgan fingerprint density at radius 2 is 2.36 bits per heavy atom. The van der Waals surface area contributed by atoms with Gasteiger partial charge in [0.2, 0.25) is 5.91 Å². The van der Waals surface area contributed by atoms with Crippen LogP contribution in [0.15, 0.2) is 0 Å². The van der Waals surface area contributed by atoms with Gasteiger partial charge < -0.3 is 10.4 Å². The van der Waals surface area contributed by atoms with Gasteiger partial charge in [0.1, 0.15) is 0 Å². The molecular formula is C10H19NO2S. The third-order valence-corrected chi connectivity index (χ3v) is 3.72. The fraction of sp³-hybridized carbons (Fsp3) is 0.900. The van der Waals surface area contributed by atoms with Crippen LogP contribution < -0.4 is 5.32 Å². The third kappa shape index (κ3) is 3.50. The lowest BCUT2D eigenvalue weighted by Crippen LogP contribution is -2.38. The number of carbonyl (C=O) groups is 1. The monoisotopic (exact) mass is 217 g/mol. The zero-order valence-electron chi connectivity index (χ0n) is 8.82. The average molecular weight is 217 g/mol. The van der Waals surface area contributed by atoms with Gasteiger partial charge in [-0.15, -0.1) is 0 Å². The van der Waals surface area contributed by atoms with Crippen LogP contribution in [-0.2, 0) is 4.79 Å². The van der Waals surface area contributed by atoms with Crippen LogP contribution in [0.25, 0.3) is 0 Å². The maximum absolute atomic E-state index is 11.5. The quantitative estimate of drug-likeness (QED) is 0.735.